The third-order valence-electron chi connectivity index (χ3n) is 4.41. The average molecular weight is 343 g/mol. The van der Waals surface area contributed by atoms with Crippen LogP contribution in [-0.4, -0.2) is 30.4 Å². The van der Waals surface area contributed by atoms with Crippen LogP contribution in [0, 0.1) is 0 Å². The molecule has 126 valence electrons. The van der Waals surface area contributed by atoms with E-state index in [1.54, 1.807) is 10.9 Å². The van der Waals surface area contributed by atoms with Gasteiger partial charge >= 0.3 is 0 Å². The lowest BCUT2D eigenvalue weighted by atomic mass is 10.2. The Bertz CT molecular complexity index is 1330. The van der Waals surface area contributed by atoms with Crippen LogP contribution in [0.15, 0.2) is 48.8 Å². The average Bonchev–Trinajstić information content (AvgIpc) is 3.21. The maximum Gasteiger partial charge on any atom is 0.254 e. The van der Waals surface area contributed by atoms with Gasteiger partial charge in [0, 0.05) is 0 Å². The number of anilines is 1. The largest absolute Gasteiger partial charge is 0.384 e. The Labute approximate surface area is 146 Å². The number of aromatic nitrogens is 5. The van der Waals surface area contributed by atoms with Gasteiger partial charge in [0.15, 0.2) is 5.65 Å². The number of nitrogens with zero attached hydrogens (tertiary/aromatic N) is 4. The first-order valence-electron chi connectivity index (χ1n) is 7.94. The van der Waals surface area contributed by atoms with E-state index in [1.807, 2.05) is 42.5 Å². The summed E-state index contributed by atoms with van der Waals surface area (Å²) in [7, 11) is 0. The van der Waals surface area contributed by atoms with Crippen molar-refractivity contribution in [2.45, 2.75) is 0 Å². The van der Waals surface area contributed by atoms with Crippen molar-refractivity contribution in [3.63, 3.8) is 0 Å². The zero-order chi connectivity index (χ0) is 17.8. The van der Waals surface area contributed by atoms with Crippen LogP contribution in [0.3, 0.4) is 0 Å². The number of nitrogens with two attached hydrogens (primary N) is 2. The predicted molar refractivity (Wildman–Crippen MR) is 99.0 cm³/mol. The van der Waals surface area contributed by atoms with Gasteiger partial charge in [-0.1, -0.05) is 18.2 Å². The normalized spacial score (nSPS) is 11.5. The Hall–Kier alpha value is -3.94. The Balaban J connectivity index is 1.99. The molecule has 0 radical (unpaired) electrons. The van der Waals surface area contributed by atoms with Gasteiger partial charge in [0.2, 0.25) is 0 Å². The van der Waals surface area contributed by atoms with Crippen molar-refractivity contribution in [2.24, 2.45) is 5.73 Å². The Kier molecular flexibility index (Phi) is 2.79. The van der Waals surface area contributed by atoms with Crippen LogP contribution >= 0.6 is 0 Å². The lowest BCUT2D eigenvalue weighted by Gasteiger charge is -2.08. The van der Waals surface area contributed by atoms with E-state index in [-0.39, 0.29) is 11.4 Å². The molecule has 0 aliphatic heterocycles. The topological polar surface area (TPSA) is 128 Å². The molecule has 0 fully saturated rings. The van der Waals surface area contributed by atoms with E-state index >= 15 is 0 Å². The van der Waals surface area contributed by atoms with Crippen LogP contribution in [0.5, 0.6) is 0 Å². The fraction of sp³-hybridized carbons (Fsp3) is 0. The molecule has 0 aliphatic carbocycles. The number of nitrogens with one attached hydrogen (secondary N) is 1. The second-order valence-electron chi connectivity index (χ2n) is 5.92. The van der Waals surface area contributed by atoms with Crippen molar-refractivity contribution in [3.05, 3.63) is 54.4 Å². The number of primary amides is 1. The van der Waals surface area contributed by atoms with E-state index in [1.165, 1.54) is 0 Å². The summed E-state index contributed by atoms with van der Waals surface area (Å²) in [5.41, 5.74) is 16.5. The number of hydrogen-bond donors (Lipinski definition) is 3. The van der Waals surface area contributed by atoms with Crippen molar-refractivity contribution in [1.82, 2.24) is 24.5 Å². The Morgan fingerprint density at radius 1 is 1.00 bits per heavy atom. The van der Waals surface area contributed by atoms with Gasteiger partial charge in [0.05, 0.1) is 28.6 Å². The molecular formula is C18H13N7O. The SMILES string of the molecule is NC(=O)c1c(N)n(-c2cccc3[nH]cnc23)c2nc3ccccc3nc12. The Morgan fingerprint density at radius 3 is 2.54 bits per heavy atom. The van der Waals surface area contributed by atoms with Gasteiger partial charge in [-0.05, 0) is 24.3 Å². The molecule has 0 bridgehead atoms. The summed E-state index contributed by atoms with van der Waals surface area (Å²) >= 11 is 0. The number of benzene rings is 2. The minimum Gasteiger partial charge on any atom is -0.384 e. The summed E-state index contributed by atoms with van der Waals surface area (Å²) in [6, 6.07) is 13.1. The molecule has 0 aliphatic rings. The van der Waals surface area contributed by atoms with Crippen LogP contribution in [0.2, 0.25) is 0 Å². The van der Waals surface area contributed by atoms with Crippen LogP contribution in [0.4, 0.5) is 5.82 Å². The zero-order valence-electron chi connectivity index (χ0n) is 13.5. The zero-order valence-corrected chi connectivity index (χ0v) is 13.5. The highest BCUT2D eigenvalue weighted by Gasteiger charge is 2.24. The first-order chi connectivity index (χ1) is 12.6. The third kappa shape index (κ3) is 1.83. The number of carbonyl (C=O) groups is 1. The summed E-state index contributed by atoms with van der Waals surface area (Å²) in [5.74, 6) is -0.455. The van der Waals surface area contributed by atoms with Gasteiger partial charge in [0.25, 0.3) is 5.91 Å². The molecule has 0 spiro atoms. The highest BCUT2D eigenvalue weighted by molar-refractivity contribution is 6.11. The number of carbonyl (C=O) groups excluding carboxylic acids is 1. The summed E-state index contributed by atoms with van der Waals surface area (Å²) in [6.07, 6.45) is 1.60. The molecule has 0 saturated carbocycles. The minimum absolute atomic E-state index is 0.158. The molecule has 5 rings (SSSR count). The Morgan fingerprint density at radius 2 is 1.77 bits per heavy atom. The van der Waals surface area contributed by atoms with Crippen molar-refractivity contribution in [2.75, 3.05) is 5.73 Å². The number of nitrogen functional groups attached to an aromatic ring is 1. The van der Waals surface area contributed by atoms with E-state index in [0.29, 0.717) is 33.4 Å². The van der Waals surface area contributed by atoms with Gasteiger partial charge in [-0.2, -0.15) is 0 Å². The number of rotatable bonds is 2. The molecule has 26 heavy (non-hydrogen) atoms. The predicted octanol–water partition coefficient (Wildman–Crippen LogP) is 2.13. The summed E-state index contributed by atoms with van der Waals surface area (Å²) in [5, 5.41) is 0. The first-order valence-corrected chi connectivity index (χ1v) is 7.94. The number of fused-ring (bicyclic) bond motifs is 3. The lowest BCUT2D eigenvalue weighted by Crippen LogP contribution is -2.14. The standard InChI is InChI=1S/C18H13N7O/c19-16-13(17(20)26)15-18(24-10-5-2-1-4-9(10)23-15)25(16)12-7-3-6-11-14(12)22-8-21-11/h1-8H,19H2,(H2,20,26)(H,21,22). The number of hydrogen-bond acceptors (Lipinski definition) is 5. The maximum atomic E-state index is 12.1. The van der Waals surface area contributed by atoms with E-state index in [2.05, 4.69) is 19.9 Å². The molecule has 3 aromatic heterocycles. The molecule has 5 N–H and O–H groups in total. The van der Waals surface area contributed by atoms with Crippen molar-refractivity contribution >= 4 is 45.0 Å². The number of imidazole rings is 1. The summed E-state index contributed by atoms with van der Waals surface area (Å²) in [6.45, 7) is 0. The minimum atomic E-state index is -0.648. The van der Waals surface area contributed by atoms with E-state index in [9.17, 15) is 4.79 Å². The summed E-state index contributed by atoms with van der Waals surface area (Å²) in [4.78, 5) is 28.8. The molecule has 8 nitrogen and oxygen atoms in total. The molecular weight excluding hydrogens is 330 g/mol. The van der Waals surface area contributed by atoms with Crippen molar-refractivity contribution in [1.29, 1.82) is 0 Å². The smallest absolute Gasteiger partial charge is 0.254 e. The fourth-order valence-corrected chi connectivity index (χ4v) is 3.28. The monoisotopic (exact) mass is 343 g/mol. The second-order valence-corrected chi connectivity index (χ2v) is 5.92. The van der Waals surface area contributed by atoms with Crippen LogP contribution in [0.1, 0.15) is 10.4 Å². The van der Waals surface area contributed by atoms with Crippen LogP contribution in [0.25, 0.3) is 38.9 Å². The molecule has 0 unspecified atom stereocenters. The molecule has 5 aromatic rings. The lowest BCUT2D eigenvalue weighted by molar-refractivity contribution is 0.100. The quantitative estimate of drug-likeness (QED) is 0.452. The number of aromatic amines is 1. The number of amides is 1. The van der Waals surface area contributed by atoms with E-state index in [4.69, 9.17) is 11.5 Å². The van der Waals surface area contributed by atoms with Gasteiger partial charge in [-0.3, -0.25) is 9.36 Å². The van der Waals surface area contributed by atoms with Crippen molar-refractivity contribution < 1.29 is 4.79 Å². The molecule has 8 heteroatoms. The maximum absolute atomic E-state index is 12.1. The van der Waals surface area contributed by atoms with Crippen LogP contribution < -0.4 is 11.5 Å². The molecule has 1 amide bonds. The molecule has 2 aromatic carbocycles. The summed E-state index contributed by atoms with van der Waals surface area (Å²) < 4.78 is 1.68. The van der Waals surface area contributed by atoms with Crippen molar-refractivity contribution in [3.8, 4) is 5.69 Å². The van der Waals surface area contributed by atoms with Gasteiger partial charge < -0.3 is 16.5 Å². The number of para-hydroxylation sites is 3. The molecule has 0 atom stereocenters. The van der Waals surface area contributed by atoms with E-state index in [0.717, 1.165) is 5.52 Å². The third-order valence-corrected chi connectivity index (χ3v) is 4.41. The van der Waals surface area contributed by atoms with Gasteiger partial charge in [-0.25, -0.2) is 15.0 Å². The number of H-pyrrole nitrogens is 1. The van der Waals surface area contributed by atoms with Gasteiger partial charge in [0.1, 0.15) is 22.4 Å². The van der Waals surface area contributed by atoms with E-state index < -0.39 is 5.91 Å². The fourth-order valence-electron chi connectivity index (χ4n) is 3.28. The highest BCUT2D eigenvalue weighted by atomic mass is 16.1. The molecule has 3 heterocycles. The highest BCUT2D eigenvalue weighted by Crippen LogP contribution is 2.32. The van der Waals surface area contributed by atoms with Crippen LogP contribution in [-0.2, 0) is 0 Å². The molecule has 0 saturated heterocycles. The second kappa shape index (κ2) is 5.03. The first kappa shape index (κ1) is 14.4. The van der Waals surface area contributed by atoms with Gasteiger partial charge in [-0.15, -0.1) is 0 Å².